The predicted molar refractivity (Wildman–Crippen MR) is 113 cm³/mol. The number of benzene rings is 2. The van der Waals surface area contributed by atoms with Gasteiger partial charge in [0.05, 0.1) is 5.69 Å². The molecule has 3 rings (SSSR count). The summed E-state index contributed by atoms with van der Waals surface area (Å²) in [5.41, 5.74) is 2.60. The summed E-state index contributed by atoms with van der Waals surface area (Å²) in [5.74, 6) is 0.199. The summed E-state index contributed by atoms with van der Waals surface area (Å²) in [5, 5.41) is 7.05. The van der Waals surface area contributed by atoms with Gasteiger partial charge in [0.2, 0.25) is 0 Å². The molecule has 29 heavy (non-hydrogen) atoms. The van der Waals surface area contributed by atoms with Crippen molar-refractivity contribution in [2.24, 2.45) is 0 Å². The fourth-order valence-electron chi connectivity index (χ4n) is 2.81. The van der Waals surface area contributed by atoms with Gasteiger partial charge < -0.3 is 10.1 Å². The van der Waals surface area contributed by atoms with Crippen molar-refractivity contribution in [2.75, 3.05) is 5.32 Å². The van der Waals surface area contributed by atoms with Crippen LogP contribution in [-0.2, 0) is 13.2 Å². The first-order chi connectivity index (χ1) is 14.1. The first-order valence-electron chi connectivity index (χ1n) is 9.73. The van der Waals surface area contributed by atoms with E-state index < -0.39 is 0 Å². The maximum absolute atomic E-state index is 12.7. The Bertz CT molecular complexity index is 1030. The number of carbonyl (C=O) groups excluding carboxylic acids is 1. The molecule has 0 aliphatic carbocycles. The van der Waals surface area contributed by atoms with Crippen molar-refractivity contribution in [3.05, 3.63) is 87.8 Å². The quantitative estimate of drug-likeness (QED) is 0.625. The molecule has 0 saturated heterocycles. The van der Waals surface area contributed by atoms with Crippen LogP contribution in [0.5, 0.6) is 5.75 Å². The Morgan fingerprint density at radius 2 is 1.90 bits per heavy atom. The molecule has 0 unspecified atom stereocenters. The molecule has 0 aliphatic heterocycles. The van der Waals surface area contributed by atoms with E-state index in [1.54, 1.807) is 6.07 Å². The fraction of sp³-hybridized carbons (Fsp3) is 0.261. The molecule has 0 atom stereocenters. The third-order valence-corrected chi connectivity index (χ3v) is 4.45. The van der Waals surface area contributed by atoms with Gasteiger partial charge in [0.25, 0.3) is 11.5 Å². The minimum atomic E-state index is -0.385. The molecular formula is C23H25N3O3. The van der Waals surface area contributed by atoms with Gasteiger partial charge in [0.15, 0.2) is 0 Å². The molecule has 3 aromatic rings. The number of ether oxygens (including phenoxy) is 1. The van der Waals surface area contributed by atoms with Crippen molar-refractivity contribution in [3.8, 4) is 5.75 Å². The Hall–Kier alpha value is -3.41. The lowest BCUT2D eigenvalue weighted by Crippen LogP contribution is -2.26. The Morgan fingerprint density at radius 1 is 1.10 bits per heavy atom. The summed E-state index contributed by atoms with van der Waals surface area (Å²) in [6.07, 6.45) is 1.77. The summed E-state index contributed by atoms with van der Waals surface area (Å²) in [6, 6.07) is 18.2. The Labute approximate surface area is 170 Å². The van der Waals surface area contributed by atoms with E-state index in [0.717, 1.165) is 24.0 Å². The lowest BCUT2D eigenvalue weighted by Gasteiger charge is -2.14. The number of nitrogens with one attached hydrogen (secondary N) is 1. The molecule has 0 fully saturated rings. The lowest BCUT2D eigenvalue weighted by molar-refractivity contribution is 0.101. The summed E-state index contributed by atoms with van der Waals surface area (Å²) in [4.78, 5) is 24.6. The Balaban J connectivity index is 1.77. The lowest BCUT2D eigenvalue weighted by atomic mass is 10.2. The number of unbranched alkanes of at least 4 members (excludes halogenated alkanes) is 1. The van der Waals surface area contributed by atoms with Crippen LogP contribution in [0.15, 0.2) is 65.5 Å². The number of carbonyl (C=O) groups is 1. The summed E-state index contributed by atoms with van der Waals surface area (Å²) >= 11 is 0. The van der Waals surface area contributed by atoms with E-state index in [1.807, 2.05) is 56.3 Å². The number of aryl methyl sites for hydroxylation is 2. The van der Waals surface area contributed by atoms with Crippen LogP contribution in [0.4, 0.5) is 5.69 Å². The molecule has 1 amide bonds. The first-order valence-corrected chi connectivity index (χ1v) is 9.73. The number of nitrogens with zero attached hydrogens (tertiary/aromatic N) is 2. The van der Waals surface area contributed by atoms with E-state index in [1.165, 1.54) is 16.8 Å². The van der Waals surface area contributed by atoms with Gasteiger partial charge in [-0.05, 0) is 42.7 Å². The van der Waals surface area contributed by atoms with Crippen molar-refractivity contribution in [1.29, 1.82) is 0 Å². The molecule has 0 saturated carbocycles. The third kappa shape index (κ3) is 5.54. The largest absolute Gasteiger partial charge is 0.487 e. The highest BCUT2D eigenvalue weighted by Gasteiger charge is 2.13. The summed E-state index contributed by atoms with van der Waals surface area (Å²) in [7, 11) is 0. The highest BCUT2D eigenvalue weighted by atomic mass is 16.5. The highest BCUT2D eigenvalue weighted by Crippen LogP contribution is 2.27. The maximum Gasteiger partial charge on any atom is 0.276 e. The second kappa shape index (κ2) is 9.68. The summed E-state index contributed by atoms with van der Waals surface area (Å²) in [6.45, 7) is 4.89. The van der Waals surface area contributed by atoms with Crippen molar-refractivity contribution in [3.63, 3.8) is 0 Å². The number of amides is 1. The average Bonchev–Trinajstić information content (AvgIpc) is 2.74. The number of anilines is 1. The van der Waals surface area contributed by atoms with Crippen LogP contribution in [0.3, 0.4) is 0 Å². The van der Waals surface area contributed by atoms with Gasteiger partial charge in [-0.15, -0.1) is 0 Å². The van der Waals surface area contributed by atoms with Gasteiger partial charge in [-0.3, -0.25) is 9.59 Å². The number of rotatable bonds is 8. The van der Waals surface area contributed by atoms with Crippen LogP contribution >= 0.6 is 0 Å². The Morgan fingerprint density at radius 3 is 2.66 bits per heavy atom. The smallest absolute Gasteiger partial charge is 0.276 e. The SMILES string of the molecule is CCCCn1nc(C(=O)Nc2ccc(C)cc2OCc2ccccc2)ccc1=O. The van der Waals surface area contributed by atoms with Gasteiger partial charge in [0.1, 0.15) is 18.1 Å². The second-order valence-corrected chi connectivity index (χ2v) is 6.86. The molecule has 0 spiro atoms. The van der Waals surface area contributed by atoms with Gasteiger partial charge in [-0.25, -0.2) is 4.68 Å². The van der Waals surface area contributed by atoms with Gasteiger partial charge in [0, 0.05) is 12.6 Å². The zero-order chi connectivity index (χ0) is 20.6. The molecule has 0 aliphatic rings. The first kappa shape index (κ1) is 20.3. The van der Waals surface area contributed by atoms with E-state index in [4.69, 9.17) is 4.74 Å². The minimum absolute atomic E-state index is 0.190. The van der Waals surface area contributed by atoms with Crippen LogP contribution in [0.2, 0.25) is 0 Å². The van der Waals surface area contributed by atoms with Gasteiger partial charge in [-0.2, -0.15) is 5.10 Å². The topological polar surface area (TPSA) is 73.2 Å². The zero-order valence-electron chi connectivity index (χ0n) is 16.7. The Kier molecular flexibility index (Phi) is 6.79. The van der Waals surface area contributed by atoms with Crippen LogP contribution in [0.25, 0.3) is 0 Å². The van der Waals surface area contributed by atoms with Crippen LogP contribution in [0, 0.1) is 6.92 Å². The normalized spacial score (nSPS) is 10.6. The maximum atomic E-state index is 12.7. The molecule has 0 radical (unpaired) electrons. The van der Waals surface area contributed by atoms with Gasteiger partial charge in [-0.1, -0.05) is 49.7 Å². The van der Waals surface area contributed by atoms with Gasteiger partial charge >= 0.3 is 0 Å². The van der Waals surface area contributed by atoms with E-state index in [0.29, 0.717) is 24.6 Å². The van der Waals surface area contributed by atoms with Crippen LogP contribution < -0.4 is 15.6 Å². The summed E-state index contributed by atoms with van der Waals surface area (Å²) < 4.78 is 7.28. The van der Waals surface area contributed by atoms with E-state index in [9.17, 15) is 9.59 Å². The van der Waals surface area contributed by atoms with Crippen LogP contribution in [0.1, 0.15) is 41.4 Å². The van der Waals surface area contributed by atoms with Crippen molar-refractivity contribution >= 4 is 11.6 Å². The fourth-order valence-corrected chi connectivity index (χ4v) is 2.81. The molecule has 2 aromatic carbocycles. The monoisotopic (exact) mass is 391 g/mol. The van der Waals surface area contributed by atoms with E-state index in [2.05, 4.69) is 10.4 Å². The van der Waals surface area contributed by atoms with Crippen molar-refractivity contribution in [1.82, 2.24) is 9.78 Å². The van der Waals surface area contributed by atoms with E-state index in [-0.39, 0.29) is 17.2 Å². The minimum Gasteiger partial charge on any atom is -0.487 e. The van der Waals surface area contributed by atoms with E-state index >= 15 is 0 Å². The number of hydrogen-bond donors (Lipinski definition) is 1. The molecule has 6 nitrogen and oxygen atoms in total. The van der Waals surface area contributed by atoms with Crippen LogP contribution in [-0.4, -0.2) is 15.7 Å². The van der Waals surface area contributed by atoms with Crippen molar-refractivity contribution < 1.29 is 9.53 Å². The molecule has 0 bridgehead atoms. The molecule has 1 aromatic heterocycles. The predicted octanol–water partition coefficient (Wildman–Crippen LogP) is 4.18. The second-order valence-electron chi connectivity index (χ2n) is 6.86. The highest BCUT2D eigenvalue weighted by molar-refractivity contribution is 6.03. The molecule has 1 N–H and O–H groups in total. The average molecular weight is 391 g/mol. The number of hydrogen-bond acceptors (Lipinski definition) is 4. The molecule has 150 valence electrons. The molecular weight excluding hydrogens is 366 g/mol. The number of aromatic nitrogens is 2. The standard InChI is InChI=1S/C23H25N3O3/c1-3-4-14-26-22(27)13-12-20(25-26)23(28)24-19-11-10-17(2)15-21(19)29-16-18-8-6-5-7-9-18/h5-13,15H,3-4,14,16H2,1-2H3,(H,24,28). The molecule has 6 heteroatoms. The third-order valence-electron chi connectivity index (χ3n) is 4.45. The van der Waals surface area contributed by atoms with Crippen molar-refractivity contribution in [2.45, 2.75) is 39.8 Å². The zero-order valence-corrected chi connectivity index (χ0v) is 16.7. The molecule has 1 heterocycles.